The lowest BCUT2D eigenvalue weighted by molar-refractivity contribution is 0.526. The topological polar surface area (TPSA) is 72.2 Å². The van der Waals surface area contributed by atoms with Gasteiger partial charge in [0.15, 0.2) is 0 Å². The third-order valence-corrected chi connectivity index (χ3v) is 3.94. The lowest BCUT2D eigenvalue weighted by Gasteiger charge is -2.16. The van der Waals surface area contributed by atoms with Gasteiger partial charge in [0.05, 0.1) is 10.2 Å². The van der Waals surface area contributed by atoms with Crippen molar-refractivity contribution < 1.29 is 12.8 Å². The van der Waals surface area contributed by atoms with Crippen molar-refractivity contribution in [3.8, 4) is 0 Å². The van der Waals surface area contributed by atoms with Gasteiger partial charge in [-0.3, -0.25) is 11.3 Å². The molecule has 0 bridgehead atoms. The summed E-state index contributed by atoms with van der Waals surface area (Å²) in [6, 6.07) is 4.21. The smallest absolute Gasteiger partial charge is 0.147 e. The van der Waals surface area contributed by atoms with Gasteiger partial charge in [-0.05, 0) is 40.0 Å². The molecule has 0 spiro atoms. The summed E-state index contributed by atoms with van der Waals surface area (Å²) < 4.78 is 35.8. The van der Waals surface area contributed by atoms with Crippen molar-refractivity contribution in [2.45, 2.75) is 12.5 Å². The fraction of sp³-hybridized carbons (Fsp3) is 0.400. The summed E-state index contributed by atoms with van der Waals surface area (Å²) in [6.45, 7) is 0. The Morgan fingerprint density at radius 2 is 2.18 bits per heavy atom. The van der Waals surface area contributed by atoms with Gasteiger partial charge in [0.25, 0.3) is 0 Å². The van der Waals surface area contributed by atoms with E-state index < -0.39 is 15.7 Å². The molecular weight excluding hydrogens is 311 g/mol. The molecule has 0 saturated heterocycles. The SMILES string of the molecule is CS(=O)(=O)CCC(NN)c1ccc(Br)c(F)c1. The minimum absolute atomic E-state index is 0.000447. The van der Waals surface area contributed by atoms with Gasteiger partial charge in [-0.25, -0.2) is 12.8 Å². The monoisotopic (exact) mass is 324 g/mol. The van der Waals surface area contributed by atoms with E-state index in [0.717, 1.165) is 6.26 Å². The van der Waals surface area contributed by atoms with Crippen molar-refractivity contribution in [2.75, 3.05) is 12.0 Å². The number of hydrogen-bond donors (Lipinski definition) is 2. The molecule has 3 N–H and O–H groups in total. The zero-order valence-corrected chi connectivity index (χ0v) is 11.7. The zero-order valence-electron chi connectivity index (χ0n) is 9.28. The minimum atomic E-state index is -3.05. The van der Waals surface area contributed by atoms with Crippen LogP contribution in [0.25, 0.3) is 0 Å². The second-order valence-corrected chi connectivity index (χ2v) is 6.93. The molecule has 17 heavy (non-hydrogen) atoms. The number of benzene rings is 1. The summed E-state index contributed by atoms with van der Waals surface area (Å²) in [5.41, 5.74) is 3.11. The fourth-order valence-electron chi connectivity index (χ4n) is 1.41. The average molecular weight is 325 g/mol. The standard InChI is InChI=1S/C10H14BrFN2O2S/c1-17(15,16)5-4-10(14-13)7-2-3-8(11)9(12)6-7/h2-3,6,10,14H,4-5,13H2,1H3. The van der Waals surface area contributed by atoms with Gasteiger partial charge in [-0.15, -0.1) is 0 Å². The highest BCUT2D eigenvalue weighted by atomic mass is 79.9. The van der Waals surface area contributed by atoms with Gasteiger partial charge in [0, 0.05) is 12.3 Å². The Hall–Kier alpha value is -0.500. The molecule has 1 atom stereocenters. The van der Waals surface area contributed by atoms with Crippen LogP contribution in [0.15, 0.2) is 22.7 Å². The maximum atomic E-state index is 13.3. The van der Waals surface area contributed by atoms with Crippen molar-refractivity contribution in [3.05, 3.63) is 34.1 Å². The molecule has 1 unspecified atom stereocenters. The van der Waals surface area contributed by atoms with Crippen LogP contribution >= 0.6 is 15.9 Å². The van der Waals surface area contributed by atoms with E-state index in [1.54, 1.807) is 12.1 Å². The molecule has 0 fully saturated rings. The van der Waals surface area contributed by atoms with Gasteiger partial charge in [-0.2, -0.15) is 0 Å². The molecule has 0 aliphatic carbocycles. The lowest BCUT2D eigenvalue weighted by atomic mass is 10.1. The Bertz CT molecular complexity index is 493. The summed E-state index contributed by atoms with van der Waals surface area (Å²) in [6.07, 6.45) is 1.46. The number of sulfone groups is 1. The first kappa shape index (κ1) is 14.6. The minimum Gasteiger partial charge on any atom is -0.271 e. The first-order valence-corrected chi connectivity index (χ1v) is 7.77. The van der Waals surface area contributed by atoms with Crippen molar-refractivity contribution >= 4 is 25.8 Å². The summed E-state index contributed by atoms with van der Waals surface area (Å²) in [5.74, 6) is 4.94. The fourth-order valence-corrected chi connectivity index (χ4v) is 2.32. The second-order valence-electron chi connectivity index (χ2n) is 3.81. The molecule has 0 amide bonds. The van der Waals surface area contributed by atoms with Crippen LogP contribution in [0.5, 0.6) is 0 Å². The Morgan fingerprint density at radius 1 is 1.53 bits per heavy atom. The number of nitrogens with two attached hydrogens (primary N) is 1. The molecule has 0 aliphatic heterocycles. The molecule has 0 heterocycles. The predicted molar refractivity (Wildman–Crippen MR) is 68.5 cm³/mol. The maximum Gasteiger partial charge on any atom is 0.147 e. The Morgan fingerprint density at radius 3 is 2.65 bits per heavy atom. The van der Waals surface area contributed by atoms with Crippen LogP contribution in [-0.4, -0.2) is 20.4 Å². The van der Waals surface area contributed by atoms with E-state index in [-0.39, 0.29) is 11.8 Å². The number of halogens is 2. The summed E-state index contributed by atoms with van der Waals surface area (Å²) in [7, 11) is -3.05. The first-order valence-electron chi connectivity index (χ1n) is 4.92. The van der Waals surface area contributed by atoms with E-state index in [9.17, 15) is 12.8 Å². The quantitative estimate of drug-likeness (QED) is 0.636. The molecule has 4 nitrogen and oxygen atoms in total. The van der Waals surface area contributed by atoms with Crippen molar-refractivity contribution in [1.82, 2.24) is 5.43 Å². The van der Waals surface area contributed by atoms with E-state index in [4.69, 9.17) is 5.84 Å². The van der Waals surface area contributed by atoms with Crippen LogP contribution in [0.3, 0.4) is 0 Å². The number of hydrazine groups is 1. The number of nitrogens with one attached hydrogen (secondary N) is 1. The zero-order chi connectivity index (χ0) is 13.1. The molecule has 1 rings (SSSR count). The molecule has 96 valence electrons. The van der Waals surface area contributed by atoms with Gasteiger partial charge in [0.1, 0.15) is 15.7 Å². The van der Waals surface area contributed by atoms with Crippen molar-refractivity contribution in [1.29, 1.82) is 0 Å². The van der Waals surface area contributed by atoms with Crippen molar-refractivity contribution in [3.63, 3.8) is 0 Å². The first-order chi connectivity index (χ1) is 7.83. The molecule has 0 saturated carbocycles. The Balaban J connectivity index is 2.83. The molecular formula is C10H14BrFN2O2S. The van der Waals surface area contributed by atoms with E-state index in [1.165, 1.54) is 6.07 Å². The van der Waals surface area contributed by atoms with E-state index in [1.807, 2.05) is 0 Å². The third kappa shape index (κ3) is 4.71. The van der Waals surface area contributed by atoms with E-state index in [0.29, 0.717) is 16.5 Å². The molecule has 0 aliphatic rings. The second kappa shape index (κ2) is 5.90. The summed E-state index contributed by atoms with van der Waals surface area (Å²) in [5, 5.41) is 0. The van der Waals surface area contributed by atoms with Crippen LogP contribution < -0.4 is 11.3 Å². The molecule has 0 aromatic heterocycles. The van der Waals surface area contributed by atoms with Gasteiger partial charge in [-0.1, -0.05) is 6.07 Å². The molecule has 7 heteroatoms. The highest BCUT2D eigenvalue weighted by Gasteiger charge is 2.14. The van der Waals surface area contributed by atoms with Crippen molar-refractivity contribution in [2.24, 2.45) is 5.84 Å². The van der Waals surface area contributed by atoms with Crippen LogP contribution in [0.1, 0.15) is 18.0 Å². The van der Waals surface area contributed by atoms with Gasteiger partial charge >= 0.3 is 0 Å². The van der Waals surface area contributed by atoms with Crippen LogP contribution in [0.4, 0.5) is 4.39 Å². The highest BCUT2D eigenvalue weighted by molar-refractivity contribution is 9.10. The summed E-state index contributed by atoms with van der Waals surface area (Å²) in [4.78, 5) is 0. The van der Waals surface area contributed by atoms with Crippen LogP contribution in [-0.2, 0) is 9.84 Å². The van der Waals surface area contributed by atoms with Gasteiger partial charge in [0.2, 0.25) is 0 Å². The average Bonchev–Trinajstić information content (AvgIpc) is 2.22. The maximum absolute atomic E-state index is 13.3. The largest absolute Gasteiger partial charge is 0.271 e. The Labute approximate surface area is 108 Å². The summed E-state index contributed by atoms with van der Waals surface area (Å²) >= 11 is 3.05. The third-order valence-electron chi connectivity index (χ3n) is 2.32. The van der Waals surface area contributed by atoms with Gasteiger partial charge < -0.3 is 0 Å². The number of hydrogen-bond acceptors (Lipinski definition) is 4. The Kier molecular flexibility index (Phi) is 5.05. The normalized spacial score (nSPS) is 13.6. The van der Waals surface area contributed by atoms with E-state index >= 15 is 0 Å². The molecule has 1 aromatic rings. The number of rotatable bonds is 5. The molecule has 1 aromatic carbocycles. The van der Waals surface area contributed by atoms with Crippen LogP contribution in [0.2, 0.25) is 0 Å². The van der Waals surface area contributed by atoms with E-state index in [2.05, 4.69) is 21.4 Å². The lowest BCUT2D eigenvalue weighted by Crippen LogP contribution is -2.29. The van der Waals surface area contributed by atoms with Crippen LogP contribution in [0, 0.1) is 5.82 Å². The predicted octanol–water partition coefficient (Wildman–Crippen LogP) is 1.53. The molecule has 0 radical (unpaired) electrons. The highest BCUT2D eigenvalue weighted by Crippen LogP contribution is 2.22.